The van der Waals surface area contributed by atoms with Gasteiger partial charge >= 0.3 is 0 Å². The maximum Gasteiger partial charge on any atom is 0.267 e. The minimum atomic E-state index is -3.90. The molecule has 0 rings (SSSR count). The van der Waals surface area contributed by atoms with E-state index in [1.54, 1.807) is 0 Å². The second kappa shape index (κ2) is 16.1. The quantitative estimate of drug-likeness (QED) is 0.230. The van der Waals surface area contributed by atoms with Crippen LogP contribution in [0.2, 0.25) is 0 Å². The van der Waals surface area contributed by atoms with Gasteiger partial charge in [0, 0.05) is 0 Å². The van der Waals surface area contributed by atoms with Crippen molar-refractivity contribution in [1.29, 1.82) is 0 Å². The largest absolute Gasteiger partial charge is 0.393 e. The Morgan fingerprint density at radius 3 is 1.48 bits per heavy atom. The predicted molar refractivity (Wildman–Crippen MR) is 107 cm³/mol. The number of unbranched alkanes of at least 4 members (excludes halogenated alkanes) is 10. The van der Waals surface area contributed by atoms with Crippen molar-refractivity contribution in [3.8, 4) is 0 Å². The van der Waals surface area contributed by atoms with Crippen LogP contribution in [0, 0.1) is 0 Å². The third-order valence-electron chi connectivity index (χ3n) is 5.09. The van der Waals surface area contributed by atoms with E-state index < -0.39 is 15.4 Å². The molecule has 25 heavy (non-hydrogen) atoms. The van der Waals surface area contributed by atoms with E-state index in [1.807, 2.05) is 6.92 Å². The zero-order valence-electron chi connectivity index (χ0n) is 16.6. The standard InChI is InChI=1S/C20H42O4S/c1-3-5-6-10-14-17-20(25(22,23)24)18-15-12-9-7-8-11-13-16-19(21)4-2/h19-21H,3-18H2,1-2H3,(H,22,23,24). The molecule has 0 spiro atoms. The monoisotopic (exact) mass is 378 g/mol. The van der Waals surface area contributed by atoms with E-state index in [1.165, 1.54) is 32.1 Å². The van der Waals surface area contributed by atoms with Crippen molar-refractivity contribution in [1.82, 2.24) is 0 Å². The highest BCUT2D eigenvalue weighted by Crippen LogP contribution is 2.19. The van der Waals surface area contributed by atoms with Crippen LogP contribution in [0.1, 0.15) is 117 Å². The molecule has 0 aromatic heterocycles. The normalized spacial score (nSPS) is 14.6. The first-order chi connectivity index (χ1) is 11.9. The second-order valence-electron chi connectivity index (χ2n) is 7.45. The SMILES string of the molecule is CCCCCCCC(CCCCCCCCCC(O)CC)S(=O)(=O)O. The Morgan fingerprint density at radius 2 is 1.08 bits per heavy atom. The summed E-state index contributed by atoms with van der Waals surface area (Å²) in [6, 6.07) is 0. The molecule has 0 bridgehead atoms. The molecule has 152 valence electrons. The smallest absolute Gasteiger partial charge is 0.267 e. The zero-order chi connectivity index (χ0) is 19.0. The van der Waals surface area contributed by atoms with Crippen LogP contribution in [0.5, 0.6) is 0 Å². The van der Waals surface area contributed by atoms with E-state index in [4.69, 9.17) is 0 Å². The maximum atomic E-state index is 11.5. The lowest BCUT2D eigenvalue weighted by Crippen LogP contribution is -2.20. The highest BCUT2D eigenvalue weighted by atomic mass is 32.2. The van der Waals surface area contributed by atoms with Gasteiger partial charge in [-0.2, -0.15) is 8.42 Å². The molecule has 0 fully saturated rings. The summed E-state index contributed by atoms with van der Waals surface area (Å²) in [4.78, 5) is 0. The minimum Gasteiger partial charge on any atom is -0.393 e. The first-order valence-corrected chi connectivity index (χ1v) is 12.1. The van der Waals surface area contributed by atoms with Gasteiger partial charge in [0.05, 0.1) is 11.4 Å². The van der Waals surface area contributed by atoms with E-state index in [2.05, 4.69) is 6.92 Å². The summed E-state index contributed by atoms with van der Waals surface area (Å²) in [7, 11) is -3.90. The molecule has 4 nitrogen and oxygen atoms in total. The van der Waals surface area contributed by atoms with Gasteiger partial charge in [0.15, 0.2) is 0 Å². The highest BCUT2D eigenvalue weighted by Gasteiger charge is 2.21. The number of aliphatic hydroxyl groups excluding tert-OH is 1. The Morgan fingerprint density at radius 1 is 0.680 bits per heavy atom. The number of rotatable bonds is 18. The van der Waals surface area contributed by atoms with E-state index in [0.29, 0.717) is 12.8 Å². The lowest BCUT2D eigenvalue weighted by molar-refractivity contribution is 0.156. The molecule has 0 aromatic rings. The molecule has 0 aliphatic heterocycles. The Bertz CT molecular complexity index is 381. The third-order valence-corrected chi connectivity index (χ3v) is 6.40. The number of hydrogen-bond donors (Lipinski definition) is 2. The fourth-order valence-corrected chi connectivity index (χ4v) is 4.19. The van der Waals surface area contributed by atoms with Crippen LogP contribution in [-0.2, 0) is 10.1 Å². The van der Waals surface area contributed by atoms with Crippen molar-refractivity contribution in [3.63, 3.8) is 0 Å². The van der Waals surface area contributed by atoms with Crippen LogP contribution in [-0.4, -0.2) is 29.4 Å². The Balaban J connectivity index is 3.68. The number of hydrogen-bond acceptors (Lipinski definition) is 3. The van der Waals surface area contributed by atoms with E-state index >= 15 is 0 Å². The molecule has 0 radical (unpaired) electrons. The molecule has 2 atom stereocenters. The van der Waals surface area contributed by atoms with Crippen molar-refractivity contribution in [2.24, 2.45) is 0 Å². The summed E-state index contributed by atoms with van der Waals surface area (Å²) in [6.45, 7) is 4.17. The lowest BCUT2D eigenvalue weighted by atomic mass is 10.0. The van der Waals surface area contributed by atoms with E-state index in [9.17, 15) is 18.1 Å². The van der Waals surface area contributed by atoms with Crippen LogP contribution in [0.3, 0.4) is 0 Å². The Labute approximate surface area is 156 Å². The van der Waals surface area contributed by atoms with Crippen molar-refractivity contribution < 1.29 is 18.1 Å². The molecule has 2 N–H and O–H groups in total. The molecular weight excluding hydrogens is 336 g/mol. The van der Waals surface area contributed by atoms with Gasteiger partial charge in [-0.25, -0.2) is 0 Å². The van der Waals surface area contributed by atoms with Crippen LogP contribution >= 0.6 is 0 Å². The van der Waals surface area contributed by atoms with Gasteiger partial charge in [0.2, 0.25) is 0 Å². The average molecular weight is 379 g/mol. The molecule has 0 saturated carbocycles. The zero-order valence-corrected chi connectivity index (χ0v) is 17.4. The average Bonchev–Trinajstić information content (AvgIpc) is 2.56. The van der Waals surface area contributed by atoms with Crippen molar-refractivity contribution in [2.75, 3.05) is 0 Å². The van der Waals surface area contributed by atoms with Crippen LogP contribution in [0.15, 0.2) is 0 Å². The second-order valence-corrected chi connectivity index (χ2v) is 9.15. The van der Waals surface area contributed by atoms with Crippen molar-refractivity contribution in [2.45, 2.75) is 128 Å². The topological polar surface area (TPSA) is 74.6 Å². The maximum absolute atomic E-state index is 11.5. The van der Waals surface area contributed by atoms with E-state index in [0.717, 1.165) is 57.8 Å². The van der Waals surface area contributed by atoms with Gasteiger partial charge < -0.3 is 5.11 Å². The van der Waals surface area contributed by atoms with E-state index in [-0.39, 0.29) is 6.10 Å². The molecule has 0 heterocycles. The van der Waals surface area contributed by atoms with Crippen molar-refractivity contribution in [3.05, 3.63) is 0 Å². The summed E-state index contributed by atoms with van der Waals surface area (Å²) in [5.74, 6) is 0. The van der Waals surface area contributed by atoms with Gasteiger partial charge in [-0.1, -0.05) is 90.9 Å². The van der Waals surface area contributed by atoms with Crippen LogP contribution < -0.4 is 0 Å². The molecule has 0 amide bonds. The van der Waals surface area contributed by atoms with Crippen LogP contribution in [0.4, 0.5) is 0 Å². The molecule has 0 aliphatic carbocycles. The predicted octanol–water partition coefficient (Wildman–Crippen LogP) is 5.89. The minimum absolute atomic E-state index is 0.140. The molecule has 0 aliphatic rings. The Kier molecular flexibility index (Phi) is 16.0. The molecule has 0 aromatic carbocycles. The summed E-state index contributed by atoms with van der Waals surface area (Å²) >= 11 is 0. The fourth-order valence-electron chi connectivity index (χ4n) is 3.26. The lowest BCUT2D eigenvalue weighted by Gasteiger charge is -2.13. The van der Waals surface area contributed by atoms with Gasteiger partial charge in [-0.15, -0.1) is 0 Å². The summed E-state index contributed by atoms with van der Waals surface area (Å²) in [5.41, 5.74) is 0. The van der Waals surface area contributed by atoms with Gasteiger partial charge in [0.25, 0.3) is 10.1 Å². The summed E-state index contributed by atoms with van der Waals surface area (Å²) in [5, 5.41) is 8.92. The van der Waals surface area contributed by atoms with Gasteiger partial charge in [-0.05, 0) is 25.7 Å². The molecule has 2 unspecified atom stereocenters. The Hall–Kier alpha value is -0.130. The molecular formula is C20H42O4S. The highest BCUT2D eigenvalue weighted by molar-refractivity contribution is 7.86. The van der Waals surface area contributed by atoms with Gasteiger partial charge in [-0.3, -0.25) is 4.55 Å². The summed E-state index contributed by atoms with van der Waals surface area (Å²) in [6.07, 6.45) is 16.0. The summed E-state index contributed by atoms with van der Waals surface area (Å²) < 4.78 is 32.4. The van der Waals surface area contributed by atoms with Gasteiger partial charge in [0.1, 0.15) is 0 Å². The number of aliphatic hydroxyl groups is 1. The molecule has 5 heteroatoms. The third kappa shape index (κ3) is 15.8. The fraction of sp³-hybridized carbons (Fsp3) is 1.00. The first-order valence-electron chi connectivity index (χ1n) is 10.6. The van der Waals surface area contributed by atoms with Crippen molar-refractivity contribution >= 4 is 10.1 Å². The first kappa shape index (κ1) is 24.9. The van der Waals surface area contributed by atoms with Crippen LogP contribution in [0.25, 0.3) is 0 Å². The molecule has 0 saturated heterocycles.